The fraction of sp³-hybridized carbons (Fsp3) is 0.400. The van der Waals surface area contributed by atoms with Gasteiger partial charge in [0.15, 0.2) is 0 Å². The van der Waals surface area contributed by atoms with E-state index in [1.165, 1.54) is 23.9 Å². The Morgan fingerprint density at radius 2 is 1.33 bits per heavy atom. The lowest BCUT2D eigenvalue weighted by molar-refractivity contribution is -0.141. The first kappa shape index (κ1) is 49.3. The average Bonchev–Trinajstić information content (AvgIpc) is 3.68. The number of nitrogens with one attached hydrogen (secondary N) is 7. The highest BCUT2D eigenvalue weighted by atomic mass is 32.2. The Bertz CT molecular complexity index is 2150. The van der Waals surface area contributed by atoms with Gasteiger partial charge in [-0.05, 0) is 72.6 Å². The van der Waals surface area contributed by atoms with E-state index in [0.717, 1.165) is 16.5 Å². The van der Waals surface area contributed by atoms with Crippen LogP contribution in [-0.4, -0.2) is 112 Å². The van der Waals surface area contributed by atoms with Crippen molar-refractivity contribution < 1.29 is 43.8 Å². The smallest absolute Gasteiger partial charge is 0.305 e. The van der Waals surface area contributed by atoms with E-state index in [2.05, 4.69) is 36.9 Å². The molecule has 63 heavy (non-hydrogen) atoms. The van der Waals surface area contributed by atoms with Crippen molar-refractivity contribution in [2.45, 2.75) is 88.5 Å². The summed E-state index contributed by atoms with van der Waals surface area (Å²) < 4.78 is 0. The highest BCUT2D eigenvalue weighted by Crippen LogP contribution is 2.20. The number of phenolic OH excluding ortho intramolecular Hbond substituents is 1. The highest BCUT2D eigenvalue weighted by Gasteiger charge is 2.31. The van der Waals surface area contributed by atoms with Gasteiger partial charge in [0, 0.05) is 30.1 Å². The van der Waals surface area contributed by atoms with Crippen LogP contribution in [-0.2, 0) is 52.8 Å². The number of phenols is 1. The third-order valence-electron chi connectivity index (χ3n) is 10.2. The molecule has 1 aromatic heterocycles. The largest absolute Gasteiger partial charge is 0.508 e. The van der Waals surface area contributed by atoms with E-state index >= 15 is 0 Å². The van der Waals surface area contributed by atoms with Crippen molar-refractivity contribution in [2.24, 2.45) is 5.73 Å². The van der Waals surface area contributed by atoms with Crippen LogP contribution < -0.4 is 37.6 Å². The van der Waals surface area contributed by atoms with Crippen molar-refractivity contribution >= 4 is 64.1 Å². The number of carboxylic acids is 1. The van der Waals surface area contributed by atoms with Crippen molar-refractivity contribution in [3.05, 3.63) is 102 Å². The molecule has 11 N–H and O–H groups in total. The fourth-order valence-electron chi connectivity index (χ4n) is 6.73. The van der Waals surface area contributed by atoms with Crippen LogP contribution in [0.2, 0.25) is 0 Å². The quantitative estimate of drug-likeness (QED) is 0.0435. The second-order valence-corrected chi connectivity index (χ2v) is 16.1. The molecular weight excluding hydrogens is 829 g/mol. The molecule has 0 saturated heterocycles. The minimum absolute atomic E-state index is 0.0194. The van der Waals surface area contributed by atoms with E-state index in [1.54, 1.807) is 18.3 Å². The molecule has 0 saturated carbocycles. The molecule has 338 valence electrons. The third kappa shape index (κ3) is 16.4. The van der Waals surface area contributed by atoms with Gasteiger partial charge in [-0.3, -0.25) is 33.6 Å². The summed E-state index contributed by atoms with van der Waals surface area (Å²) in [5.74, 6) is -4.88. The Morgan fingerprint density at radius 1 is 0.698 bits per heavy atom. The van der Waals surface area contributed by atoms with E-state index in [-0.39, 0.29) is 38.0 Å². The second kappa shape index (κ2) is 25.5. The summed E-state index contributed by atoms with van der Waals surface area (Å²) in [5.41, 5.74) is 9.29. The van der Waals surface area contributed by atoms with Gasteiger partial charge in [0.25, 0.3) is 0 Å². The maximum atomic E-state index is 14.1. The van der Waals surface area contributed by atoms with Crippen LogP contribution >= 0.6 is 11.8 Å². The number of aromatic nitrogens is 1. The zero-order valence-corrected chi connectivity index (χ0v) is 36.3. The number of hydrogen-bond acceptors (Lipinski definition) is 10. The van der Waals surface area contributed by atoms with Gasteiger partial charge < -0.3 is 52.8 Å². The standard InChI is InChI=1S/C45H58N8O9S/c1-3-4-13-35(44(61)53-38(25-40(56)57)43(60)47-21-19-28-10-6-5-7-11-28)52-45(62)37(24-30-26-48-34-14-9-8-12-32(30)34)50-39(55)27-49-42(59)36(20-22-63-2)51-41(58)33(46)23-29-15-17-31(54)18-16-29/h5-12,14-18,26,33,35-38,48,54H,3-4,13,19-25,27,46H2,1-2H3,(H,47,60)(H,49,59)(H,50,55)(H,51,58)(H,52,62)(H,53,61)(H,56,57)/t33-,35-,36-,37+,38-/m0/s1. The van der Waals surface area contributed by atoms with Gasteiger partial charge in [0.1, 0.15) is 29.9 Å². The zero-order valence-electron chi connectivity index (χ0n) is 35.5. The first-order valence-electron chi connectivity index (χ1n) is 20.9. The Kier molecular flexibility index (Phi) is 19.9. The first-order valence-corrected chi connectivity index (χ1v) is 22.3. The van der Waals surface area contributed by atoms with Gasteiger partial charge >= 0.3 is 5.97 Å². The van der Waals surface area contributed by atoms with Crippen LogP contribution in [0.4, 0.5) is 0 Å². The number of benzene rings is 3. The van der Waals surface area contributed by atoms with Gasteiger partial charge in [0.05, 0.1) is 19.0 Å². The van der Waals surface area contributed by atoms with Crippen LogP contribution in [0.15, 0.2) is 85.1 Å². The summed E-state index contributed by atoms with van der Waals surface area (Å²) >= 11 is 1.46. The molecule has 6 amide bonds. The molecule has 17 nitrogen and oxygen atoms in total. The molecule has 0 fully saturated rings. The molecule has 0 spiro atoms. The fourth-order valence-corrected chi connectivity index (χ4v) is 7.20. The van der Waals surface area contributed by atoms with Gasteiger partial charge in [-0.15, -0.1) is 0 Å². The van der Waals surface area contributed by atoms with E-state index < -0.39 is 84.6 Å². The van der Waals surface area contributed by atoms with E-state index in [1.807, 2.05) is 67.8 Å². The zero-order chi connectivity index (χ0) is 45.7. The number of nitrogens with two attached hydrogens (primary N) is 1. The topological polar surface area (TPSA) is 274 Å². The maximum absolute atomic E-state index is 14.1. The van der Waals surface area contributed by atoms with Crippen molar-refractivity contribution in [1.82, 2.24) is 36.9 Å². The lowest BCUT2D eigenvalue weighted by atomic mass is 10.0. The minimum atomic E-state index is -1.43. The Hall–Kier alpha value is -6.40. The first-order chi connectivity index (χ1) is 30.3. The number of aromatic amines is 1. The molecule has 18 heteroatoms. The number of unbranched alkanes of at least 4 members (excludes halogenated alkanes) is 1. The summed E-state index contributed by atoms with van der Waals surface area (Å²) in [5, 5.41) is 35.8. The number of para-hydroxylation sites is 1. The predicted octanol–water partition coefficient (Wildman–Crippen LogP) is 1.82. The lowest BCUT2D eigenvalue weighted by Gasteiger charge is -2.25. The Balaban J connectivity index is 1.45. The van der Waals surface area contributed by atoms with Crippen molar-refractivity contribution in [3.8, 4) is 5.75 Å². The second-order valence-electron chi connectivity index (χ2n) is 15.1. The monoisotopic (exact) mass is 886 g/mol. The summed E-state index contributed by atoms with van der Waals surface area (Å²) in [6.45, 7) is 1.53. The lowest BCUT2D eigenvalue weighted by Crippen LogP contribution is -2.58. The number of thioether (sulfide) groups is 1. The number of aromatic hydroxyl groups is 1. The molecule has 0 aliphatic rings. The Labute approximate surface area is 370 Å². The molecule has 4 rings (SSSR count). The van der Waals surface area contributed by atoms with Crippen LogP contribution in [0.5, 0.6) is 5.75 Å². The van der Waals surface area contributed by atoms with Crippen LogP contribution in [0, 0.1) is 0 Å². The number of fused-ring (bicyclic) bond motifs is 1. The van der Waals surface area contributed by atoms with Gasteiger partial charge in [-0.2, -0.15) is 11.8 Å². The normalized spacial score (nSPS) is 13.4. The average molecular weight is 887 g/mol. The van der Waals surface area contributed by atoms with Gasteiger partial charge in [-0.1, -0.05) is 80.4 Å². The van der Waals surface area contributed by atoms with Crippen LogP contribution in [0.1, 0.15) is 55.7 Å². The number of rotatable bonds is 26. The number of aliphatic carboxylic acids is 1. The van der Waals surface area contributed by atoms with Crippen LogP contribution in [0.25, 0.3) is 10.9 Å². The molecule has 0 aliphatic heterocycles. The van der Waals surface area contributed by atoms with E-state index in [4.69, 9.17) is 5.73 Å². The molecule has 0 unspecified atom stereocenters. The summed E-state index contributed by atoms with van der Waals surface area (Å²) in [6, 6.07) is 17.0. The van der Waals surface area contributed by atoms with Crippen molar-refractivity contribution in [1.29, 1.82) is 0 Å². The van der Waals surface area contributed by atoms with Gasteiger partial charge in [0.2, 0.25) is 35.4 Å². The molecule has 0 aliphatic carbocycles. The number of H-pyrrole nitrogens is 1. The molecule has 1 heterocycles. The summed E-state index contributed by atoms with van der Waals surface area (Å²) in [4.78, 5) is 95.9. The number of carbonyl (C=O) groups is 7. The highest BCUT2D eigenvalue weighted by molar-refractivity contribution is 7.98. The number of carboxylic acid groups (broad SMARTS) is 1. The van der Waals surface area contributed by atoms with E-state index in [0.29, 0.717) is 36.1 Å². The summed E-state index contributed by atoms with van der Waals surface area (Å²) in [7, 11) is 0. The third-order valence-corrected chi connectivity index (χ3v) is 10.8. The molecule has 0 radical (unpaired) electrons. The molecule has 0 bridgehead atoms. The Morgan fingerprint density at radius 3 is 2.03 bits per heavy atom. The number of hydrogen-bond donors (Lipinski definition) is 10. The van der Waals surface area contributed by atoms with Crippen molar-refractivity contribution in [2.75, 3.05) is 25.1 Å². The van der Waals surface area contributed by atoms with Gasteiger partial charge in [-0.25, -0.2) is 0 Å². The SMILES string of the molecule is CCCC[C@H](NC(=O)[C@@H](Cc1c[nH]c2ccccc12)NC(=O)CNC(=O)[C@H](CCSC)NC(=O)[C@@H](N)Cc1ccc(O)cc1)C(=O)N[C@@H](CC(=O)O)C(=O)NCCc1ccccc1. The molecular formula is C45H58N8O9S. The molecule has 4 aromatic rings. The van der Waals surface area contributed by atoms with E-state index in [9.17, 15) is 43.8 Å². The summed E-state index contributed by atoms with van der Waals surface area (Å²) in [6.07, 6.45) is 4.99. The van der Waals surface area contributed by atoms with Crippen LogP contribution in [0.3, 0.4) is 0 Å². The predicted molar refractivity (Wildman–Crippen MR) is 240 cm³/mol. The number of carbonyl (C=O) groups excluding carboxylic acids is 6. The van der Waals surface area contributed by atoms with Crippen molar-refractivity contribution in [3.63, 3.8) is 0 Å². The number of amides is 6. The minimum Gasteiger partial charge on any atom is -0.508 e. The molecule has 3 aromatic carbocycles. The maximum Gasteiger partial charge on any atom is 0.305 e. The molecule has 5 atom stereocenters.